The van der Waals surface area contributed by atoms with Gasteiger partial charge in [-0.2, -0.15) is 0 Å². The monoisotopic (exact) mass is 304 g/mol. The molecule has 1 fully saturated rings. The molecule has 0 aromatic carbocycles. The number of quaternary nitrogens is 1. The fraction of sp³-hybridized carbons (Fsp3) is 0.533. The summed E-state index contributed by atoms with van der Waals surface area (Å²) in [6.45, 7) is 4.04. The van der Waals surface area contributed by atoms with Crippen molar-refractivity contribution in [2.45, 2.75) is 19.3 Å². The molecule has 1 saturated heterocycles. The SMILES string of the molecule is C[N+]1(CCNc2nn3ccccc3c2[N+](=O)[O-])CCCCC1. The second-order valence-electron chi connectivity index (χ2n) is 6.26. The standard InChI is InChI=1S/C15H22N5O2/c1-20(10-5-2-6-11-20)12-8-16-15-14(19(21)22)13-7-3-4-9-18(13)17-15/h3-4,7,9H,2,5-6,8,10-12H2,1H3,(H,16,17)/q+1. The molecule has 3 heterocycles. The summed E-state index contributed by atoms with van der Waals surface area (Å²) >= 11 is 0. The normalized spacial score (nSPS) is 17.5. The van der Waals surface area contributed by atoms with Gasteiger partial charge in [-0.05, 0) is 31.4 Å². The second kappa shape index (κ2) is 5.92. The number of fused-ring (bicyclic) bond motifs is 1. The zero-order chi connectivity index (χ0) is 15.6. The number of likely N-dealkylation sites (tertiary alicyclic amines) is 1. The number of hydrogen-bond donors (Lipinski definition) is 1. The highest BCUT2D eigenvalue weighted by molar-refractivity contribution is 5.76. The van der Waals surface area contributed by atoms with Crippen LogP contribution >= 0.6 is 0 Å². The Morgan fingerprint density at radius 3 is 2.86 bits per heavy atom. The predicted molar refractivity (Wildman–Crippen MR) is 85.0 cm³/mol. The van der Waals surface area contributed by atoms with Crippen molar-refractivity contribution in [3.63, 3.8) is 0 Å². The minimum Gasteiger partial charge on any atom is -0.357 e. The molecule has 0 unspecified atom stereocenters. The zero-order valence-corrected chi connectivity index (χ0v) is 12.9. The van der Waals surface area contributed by atoms with E-state index in [4.69, 9.17) is 0 Å². The number of pyridine rings is 1. The molecule has 1 aliphatic rings. The summed E-state index contributed by atoms with van der Waals surface area (Å²) in [5.41, 5.74) is 0.579. The van der Waals surface area contributed by atoms with Crippen LogP contribution in [-0.4, -0.2) is 52.2 Å². The lowest BCUT2D eigenvalue weighted by Crippen LogP contribution is -2.50. The summed E-state index contributed by atoms with van der Waals surface area (Å²) in [5.74, 6) is 0.361. The van der Waals surface area contributed by atoms with Crippen LogP contribution in [0.25, 0.3) is 5.52 Å². The first-order valence-corrected chi connectivity index (χ1v) is 7.78. The van der Waals surface area contributed by atoms with Crippen LogP contribution in [-0.2, 0) is 0 Å². The van der Waals surface area contributed by atoms with Gasteiger partial charge in [0.05, 0.1) is 38.2 Å². The Morgan fingerprint density at radius 2 is 2.14 bits per heavy atom. The molecule has 7 heteroatoms. The third kappa shape index (κ3) is 2.89. The smallest absolute Gasteiger partial charge is 0.338 e. The number of nitrogens with one attached hydrogen (secondary N) is 1. The van der Waals surface area contributed by atoms with E-state index < -0.39 is 0 Å². The summed E-state index contributed by atoms with van der Waals surface area (Å²) in [4.78, 5) is 11.0. The molecule has 0 atom stereocenters. The quantitative estimate of drug-likeness (QED) is 0.522. The molecular formula is C15H22N5O2+. The lowest BCUT2D eigenvalue weighted by molar-refractivity contribution is -0.912. The highest BCUT2D eigenvalue weighted by Crippen LogP contribution is 2.28. The number of rotatable bonds is 5. The fourth-order valence-corrected chi connectivity index (χ4v) is 3.23. The van der Waals surface area contributed by atoms with E-state index in [1.807, 2.05) is 6.07 Å². The van der Waals surface area contributed by atoms with Gasteiger partial charge in [0, 0.05) is 6.20 Å². The largest absolute Gasteiger partial charge is 0.357 e. The molecule has 0 amide bonds. The van der Waals surface area contributed by atoms with Crippen LogP contribution in [0.15, 0.2) is 24.4 Å². The van der Waals surface area contributed by atoms with E-state index in [2.05, 4.69) is 17.5 Å². The minimum atomic E-state index is -0.359. The number of nitro groups is 1. The van der Waals surface area contributed by atoms with Crippen molar-refractivity contribution in [3.8, 4) is 0 Å². The van der Waals surface area contributed by atoms with Crippen LogP contribution in [0.3, 0.4) is 0 Å². The molecule has 1 aliphatic heterocycles. The highest BCUT2D eigenvalue weighted by atomic mass is 16.6. The van der Waals surface area contributed by atoms with Gasteiger partial charge in [-0.25, -0.2) is 4.52 Å². The number of anilines is 1. The van der Waals surface area contributed by atoms with Crippen LogP contribution in [0.5, 0.6) is 0 Å². The van der Waals surface area contributed by atoms with Gasteiger partial charge < -0.3 is 9.80 Å². The minimum absolute atomic E-state index is 0.0573. The van der Waals surface area contributed by atoms with E-state index in [-0.39, 0.29) is 10.6 Å². The van der Waals surface area contributed by atoms with Gasteiger partial charge in [-0.1, -0.05) is 6.07 Å². The molecule has 2 aromatic rings. The molecule has 1 N–H and O–H groups in total. The third-order valence-corrected chi connectivity index (χ3v) is 4.54. The second-order valence-corrected chi connectivity index (χ2v) is 6.26. The fourth-order valence-electron chi connectivity index (χ4n) is 3.23. The maximum absolute atomic E-state index is 11.3. The molecule has 0 bridgehead atoms. The van der Waals surface area contributed by atoms with Crippen molar-refractivity contribution in [1.29, 1.82) is 0 Å². The molecule has 7 nitrogen and oxygen atoms in total. The summed E-state index contributed by atoms with van der Waals surface area (Å²) in [7, 11) is 2.26. The number of piperidine rings is 1. The molecule has 2 aromatic heterocycles. The molecule has 22 heavy (non-hydrogen) atoms. The number of hydrogen-bond acceptors (Lipinski definition) is 4. The van der Waals surface area contributed by atoms with Crippen molar-refractivity contribution in [2.24, 2.45) is 0 Å². The van der Waals surface area contributed by atoms with Crippen LogP contribution in [0.2, 0.25) is 0 Å². The van der Waals surface area contributed by atoms with Crippen LogP contribution in [0.1, 0.15) is 19.3 Å². The molecular weight excluding hydrogens is 282 g/mol. The first-order chi connectivity index (χ1) is 10.6. The Bertz CT molecular complexity index is 676. The number of nitrogens with zero attached hydrogens (tertiary/aromatic N) is 4. The van der Waals surface area contributed by atoms with Crippen LogP contribution in [0.4, 0.5) is 11.5 Å². The first-order valence-electron chi connectivity index (χ1n) is 7.78. The van der Waals surface area contributed by atoms with Gasteiger partial charge in [0.15, 0.2) is 0 Å². The van der Waals surface area contributed by atoms with Crippen molar-refractivity contribution in [3.05, 3.63) is 34.5 Å². The van der Waals surface area contributed by atoms with E-state index in [0.717, 1.165) is 11.0 Å². The van der Waals surface area contributed by atoms with Gasteiger partial charge >= 0.3 is 5.69 Å². The van der Waals surface area contributed by atoms with Gasteiger partial charge in [0.2, 0.25) is 5.82 Å². The lowest BCUT2D eigenvalue weighted by atomic mass is 10.1. The number of likely N-dealkylation sites (N-methyl/N-ethyl adjacent to an activating group) is 1. The van der Waals surface area contributed by atoms with E-state index in [9.17, 15) is 10.1 Å². The molecule has 0 radical (unpaired) electrons. The Kier molecular flexibility index (Phi) is 3.98. The maximum Gasteiger partial charge on any atom is 0.338 e. The van der Waals surface area contributed by atoms with Gasteiger partial charge in [0.25, 0.3) is 0 Å². The highest BCUT2D eigenvalue weighted by Gasteiger charge is 2.26. The van der Waals surface area contributed by atoms with E-state index in [1.54, 1.807) is 22.8 Å². The van der Waals surface area contributed by atoms with Gasteiger partial charge in [0.1, 0.15) is 5.52 Å². The van der Waals surface area contributed by atoms with Crippen molar-refractivity contribution >= 4 is 17.0 Å². The third-order valence-electron chi connectivity index (χ3n) is 4.54. The molecule has 0 aliphatic carbocycles. The van der Waals surface area contributed by atoms with Crippen LogP contribution < -0.4 is 5.32 Å². The molecule has 0 saturated carbocycles. The molecule has 118 valence electrons. The predicted octanol–water partition coefficient (Wildman–Crippen LogP) is 2.28. The maximum atomic E-state index is 11.3. The molecule has 0 spiro atoms. The van der Waals surface area contributed by atoms with E-state index in [1.165, 1.54) is 32.4 Å². The Labute approximate surface area is 129 Å². The summed E-state index contributed by atoms with van der Waals surface area (Å²) in [5, 5.41) is 18.8. The Hall–Kier alpha value is -2.15. The van der Waals surface area contributed by atoms with Gasteiger partial charge in [-0.15, -0.1) is 5.10 Å². The van der Waals surface area contributed by atoms with Crippen molar-refractivity contribution < 1.29 is 9.41 Å². The first kappa shape index (κ1) is 14.8. The van der Waals surface area contributed by atoms with Crippen molar-refractivity contribution in [2.75, 3.05) is 38.5 Å². The van der Waals surface area contributed by atoms with Crippen LogP contribution in [0, 0.1) is 10.1 Å². The lowest BCUT2D eigenvalue weighted by Gasteiger charge is -2.37. The summed E-state index contributed by atoms with van der Waals surface area (Å²) in [6.07, 6.45) is 5.58. The Balaban J connectivity index is 1.73. The average molecular weight is 304 g/mol. The van der Waals surface area contributed by atoms with E-state index >= 15 is 0 Å². The van der Waals surface area contributed by atoms with Crippen molar-refractivity contribution in [1.82, 2.24) is 9.61 Å². The van der Waals surface area contributed by atoms with Gasteiger partial charge in [-0.3, -0.25) is 10.1 Å². The molecule has 3 rings (SSSR count). The average Bonchev–Trinajstić information content (AvgIpc) is 2.86. The van der Waals surface area contributed by atoms with E-state index in [0.29, 0.717) is 17.9 Å². The topological polar surface area (TPSA) is 72.5 Å². The number of aromatic nitrogens is 2. The summed E-state index contributed by atoms with van der Waals surface area (Å²) < 4.78 is 2.59. The summed E-state index contributed by atoms with van der Waals surface area (Å²) in [6, 6.07) is 5.32. The Morgan fingerprint density at radius 1 is 1.36 bits per heavy atom. The zero-order valence-electron chi connectivity index (χ0n) is 12.9.